The topological polar surface area (TPSA) is 92.3 Å². The van der Waals surface area contributed by atoms with Gasteiger partial charge in [-0.3, -0.25) is 0 Å². The quantitative estimate of drug-likeness (QED) is 0.306. The summed E-state index contributed by atoms with van der Waals surface area (Å²) < 4.78 is 43.7. The van der Waals surface area contributed by atoms with Crippen molar-refractivity contribution in [2.75, 3.05) is 19.8 Å². The summed E-state index contributed by atoms with van der Waals surface area (Å²) in [5.41, 5.74) is 1.63. The van der Waals surface area contributed by atoms with Gasteiger partial charge in [-0.15, -0.1) is 0 Å². The molecular weight excluding hydrogens is 514 g/mol. The number of aromatic amines is 1. The lowest BCUT2D eigenvalue weighted by Crippen LogP contribution is -2.48. The first-order chi connectivity index (χ1) is 18.5. The number of aliphatic hydroxyl groups excluding tert-OH is 1. The van der Waals surface area contributed by atoms with Gasteiger partial charge in [-0.25, -0.2) is 8.78 Å². The molecule has 1 fully saturated rings. The average molecular weight is 539 g/mol. The van der Waals surface area contributed by atoms with Crippen LogP contribution in [0.4, 0.5) is 8.78 Å². The minimum Gasteiger partial charge on any atom is -0.488 e. The Kier molecular flexibility index (Phi) is 6.51. The molecule has 0 saturated carbocycles. The molecule has 7 nitrogen and oxygen atoms in total. The number of H-pyrrole nitrogens is 1. The molecule has 38 heavy (non-hydrogen) atoms. The van der Waals surface area contributed by atoms with E-state index in [2.05, 4.69) is 20.7 Å². The van der Waals surface area contributed by atoms with Crippen LogP contribution in [0.15, 0.2) is 54.7 Å². The van der Waals surface area contributed by atoms with Crippen LogP contribution in [0.3, 0.4) is 0 Å². The molecule has 10 heteroatoms. The highest BCUT2D eigenvalue weighted by atomic mass is 35.5. The number of ether oxygens (including phenoxy) is 2. The van der Waals surface area contributed by atoms with Crippen LogP contribution in [0, 0.1) is 11.6 Å². The Morgan fingerprint density at radius 2 is 2.00 bits per heavy atom. The van der Waals surface area contributed by atoms with E-state index in [4.69, 9.17) is 21.1 Å². The van der Waals surface area contributed by atoms with Gasteiger partial charge in [0.15, 0.2) is 17.2 Å². The molecule has 0 bridgehead atoms. The fourth-order valence-electron chi connectivity index (χ4n) is 5.64. The molecule has 1 aromatic heterocycles. The highest BCUT2D eigenvalue weighted by Gasteiger charge is 2.50. The zero-order valence-corrected chi connectivity index (χ0v) is 21.1. The molecule has 3 aromatic carbocycles. The maximum Gasteiger partial charge on any atom is 0.173 e. The van der Waals surface area contributed by atoms with Crippen molar-refractivity contribution >= 4 is 11.6 Å². The van der Waals surface area contributed by atoms with Crippen LogP contribution in [-0.4, -0.2) is 46.3 Å². The lowest BCUT2D eigenvalue weighted by Gasteiger charge is -2.35. The summed E-state index contributed by atoms with van der Waals surface area (Å²) in [5.74, 6) is -1.26. The Morgan fingerprint density at radius 3 is 2.71 bits per heavy atom. The number of hydrogen-bond acceptors (Lipinski definition) is 6. The van der Waals surface area contributed by atoms with E-state index in [9.17, 15) is 5.11 Å². The number of nitrogens with zero attached hydrogens (tertiary/aromatic N) is 2. The normalized spacial score (nSPS) is 20.4. The third-order valence-electron chi connectivity index (χ3n) is 7.30. The molecule has 3 N–H and O–H groups in total. The summed E-state index contributed by atoms with van der Waals surface area (Å²) in [6.07, 6.45) is 3.65. The molecule has 0 radical (unpaired) electrons. The van der Waals surface area contributed by atoms with Crippen molar-refractivity contribution in [2.45, 2.75) is 30.9 Å². The van der Waals surface area contributed by atoms with Crippen LogP contribution in [-0.2, 0) is 12.0 Å². The number of rotatable bonds is 7. The Hall–Kier alpha value is -3.53. The molecule has 0 aliphatic carbocycles. The van der Waals surface area contributed by atoms with E-state index in [1.807, 2.05) is 30.3 Å². The van der Waals surface area contributed by atoms with E-state index in [-0.39, 0.29) is 41.2 Å². The molecule has 2 atom stereocenters. The SMILES string of the molecule is OCCOc1ccc(-c2cn[nH]n2)c(-c2c(Cl)c(F)cc3c2C[C@](c2ccccc2)([C@@H]2CCCN2)O3)c1F. The summed E-state index contributed by atoms with van der Waals surface area (Å²) in [7, 11) is 0. The van der Waals surface area contributed by atoms with Gasteiger partial charge in [0.2, 0.25) is 0 Å². The van der Waals surface area contributed by atoms with Crippen molar-refractivity contribution in [3.63, 3.8) is 0 Å². The molecule has 2 aliphatic rings. The Bertz CT molecular complexity index is 1460. The van der Waals surface area contributed by atoms with Crippen molar-refractivity contribution < 1.29 is 23.4 Å². The van der Waals surface area contributed by atoms with E-state index in [0.717, 1.165) is 24.9 Å². The van der Waals surface area contributed by atoms with Crippen LogP contribution in [0.2, 0.25) is 5.02 Å². The van der Waals surface area contributed by atoms with Gasteiger partial charge in [0.25, 0.3) is 0 Å². The van der Waals surface area contributed by atoms with Crippen molar-refractivity contribution in [3.05, 3.63) is 82.5 Å². The van der Waals surface area contributed by atoms with Crippen LogP contribution in [0.25, 0.3) is 22.4 Å². The van der Waals surface area contributed by atoms with Crippen molar-refractivity contribution in [3.8, 4) is 33.9 Å². The van der Waals surface area contributed by atoms with Crippen LogP contribution < -0.4 is 14.8 Å². The maximum absolute atomic E-state index is 16.2. The molecule has 2 aliphatic heterocycles. The third-order valence-corrected chi connectivity index (χ3v) is 7.67. The molecule has 3 heterocycles. The van der Waals surface area contributed by atoms with Crippen LogP contribution in [0.1, 0.15) is 24.0 Å². The molecule has 4 aromatic rings. The average Bonchev–Trinajstić information content (AvgIpc) is 3.71. The van der Waals surface area contributed by atoms with Gasteiger partial charge in [0.05, 0.1) is 23.9 Å². The summed E-state index contributed by atoms with van der Waals surface area (Å²) in [6, 6.07) is 14.1. The highest BCUT2D eigenvalue weighted by molar-refractivity contribution is 6.34. The fourth-order valence-corrected chi connectivity index (χ4v) is 5.90. The van der Waals surface area contributed by atoms with Crippen LogP contribution in [0.5, 0.6) is 11.5 Å². The number of benzene rings is 3. The number of nitrogens with one attached hydrogen (secondary N) is 2. The minimum absolute atomic E-state index is 0.0296. The molecule has 6 rings (SSSR count). The summed E-state index contributed by atoms with van der Waals surface area (Å²) in [5, 5.41) is 23.1. The monoisotopic (exact) mass is 538 g/mol. The Balaban J connectivity index is 1.59. The molecular formula is C28H25ClF2N4O3. The van der Waals surface area contributed by atoms with Gasteiger partial charge in [-0.1, -0.05) is 41.9 Å². The van der Waals surface area contributed by atoms with Crippen molar-refractivity contribution in [2.24, 2.45) is 0 Å². The number of hydrogen-bond donors (Lipinski definition) is 3. The standard InChI is InChI=1S/C28H25ClF2N4O3/c29-26-19(30)13-22-18(14-28(38-22,23-7-4-10-32-23)16-5-2-1-3-6-16)24(26)25-17(20-15-33-35-34-20)8-9-21(27(25)31)37-12-11-36/h1-3,5-6,8-9,13,15,23,32,36H,4,7,10-12,14H2,(H,33,34,35)/t23-,28-/m0/s1. The van der Waals surface area contributed by atoms with Gasteiger partial charge < -0.3 is 19.9 Å². The van der Waals surface area contributed by atoms with Crippen molar-refractivity contribution in [1.29, 1.82) is 0 Å². The second kappa shape index (κ2) is 9.98. The third kappa shape index (κ3) is 4.02. The van der Waals surface area contributed by atoms with Gasteiger partial charge >= 0.3 is 0 Å². The van der Waals surface area contributed by atoms with Crippen molar-refractivity contribution in [1.82, 2.24) is 20.7 Å². The number of fused-ring (bicyclic) bond motifs is 1. The van der Waals surface area contributed by atoms with Gasteiger partial charge in [0, 0.05) is 34.7 Å². The summed E-state index contributed by atoms with van der Waals surface area (Å²) in [4.78, 5) is 0. The first-order valence-electron chi connectivity index (χ1n) is 12.4. The minimum atomic E-state index is -0.832. The first kappa shape index (κ1) is 24.8. The molecule has 0 unspecified atom stereocenters. The zero-order valence-electron chi connectivity index (χ0n) is 20.3. The second-order valence-electron chi connectivity index (χ2n) is 9.43. The number of halogens is 3. The van der Waals surface area contributed by atoms with E-state index >= 15 is 8.78 Å². The highest BCUT2D eigenvalue weighted by Crippen LogP contribution is 2.53. The fraction of sp³-hybridized carbons (Fsp3) is 0.286. The molecule has 0 amide bonds. The Labute approximate surface area is 222 Å². The lowest BCUT2D eigenvalue weighted by molar-refractivity contribution is 0.0539. The lowest BCUT2D eigenvalue weighted by atomic mass is 9.80. The summed E-state index contributed by atoms with van der Waals surface area (Å²) in [6.45, 7) is 0.441. The van der Waals surface area contributed by atoms with Gasteiger partial charge in [-0.05, 0) is 37.1 Å². The van der Waals surface area contributed by atoms with E-state index in [0.29, 0.717) is 29.0 Å². The number of aliphatic hydroxyl groups is 1. The van der Waals surface area contributed by atoms with Gasteiger partial charge in [-0.2, -0.15) is 15.4 Å². The molecule has 1 saturated heterocycles. The smallest absolute Gasteiger partial charge is 0.173 e. The van der Waals surface area contributed by atoms with E-state index in [1.165, 1.54) is 18.3 Å². The second-order valence-corrected chi connectivity index (χ2v) is 9.81. The molecule has 0 spiro atoms. The zero-order chi connectivity index (χ0) is 26.3. The predicted octanol–water partition coefficient (Wildman–Crippen LogP) is 5.02. The van der Waals surface area contributed by atoms with Gasteiger partial charge in [0.1, 0.15) is 23.9 Å². The van der Waals surface area contributed by atoms with E-state index in [1.54, 1.807) is 6.07 Å². The van der Waals surface area contributed by atoms with Crippen LogP contribution >= 0.6 is 11.6 Å². The first-order valence-corrected chi connectivity index (χ1v) is 12.8. The maximum atomic E-state index is 16.2. The molecule has 196 valence electrons. The number of aromatic nitrogens is 3. The summed E-state index contributed by atoms with van der Waals surface area (Å²) >= 11 is 6.63. The predicted molar refractivity (Wildman–Crippen MR) is 138 cm³/mol. The largest absolute Gasteiger partial charge is 0.488 e. The Morgan fingerprint density at radius 1 is 1.16 bits per heavy atom. The van der Waals surface area contributed by atoms with E-state index < -0.39 is 17.2 Å².